The molecule has 1 fully saturated rings. The molecule has 0 unspecified atom stereocenters. The second-order valence-electron chi connectivity index (χ2n) is 20.3. The zero-order valence-electron chi connectivity index (χ0n) is 57.9. The number of piperazine rings is 1. The number of benzene rings is 1. The zero-order chi connectivity index (χ0) is 74.3. The zero-order valence-corrected chi connectivity index (χ0v) is 62.7. The molecule has 544 valence electrons. The summed E-state index contributed by atoms with van der Waals surface area (Å²) in [7, 11) is -1.49. The number of aromatic carboxylic acids is 1. The molecule has 0 aliphatic carbocycles. The third-order valence-electron chi connectivity index (χ3n) is 12.7. The van der Waals surface area contributed by atoms with Crippen LogP contribution in [0.2, 0.25) is 0 Å². The van der Waals surface area contributed by atoms with Crippen molar-refractivity contribution in [1.82, 2.24) is 54.0 Å². The van der Waals surface area contributed by atoms with Gasteiger partial charge in [-0.2, -0.15) is 8.42 Å². The molecule has 1 aliphatic rings. The predicted octanol–water partition coefficient (Wildman–Crippen LogP) is 3.06. The molecule has 11 aromatic rings. The molecule has 0 spiro atoms. The van der Waals surface area contributed by atoms with E-state index in [1.807, 2.05) is 25.3 Å². The third-order valence-corrected chi connectivity index (χ3v) is 13.6. The standard InChI is InChI=1S/C17H16FN5O.C13H7F2N3O.C9H8FNO3.C7H6FNO.C7H8O3S.C6H4FNO2.C5H5FN2.C3H6O2.CH3.BrH.Mg.Na.H/c18-13-7-12(9-20-10-13)15-8-17(24)23-11-14(1-2-16(23)21-15)22-5-3-19-4-6-22;14-9-1-2-12-17-11(4-13(19)18(12)7-9)8-3-10(15)6-16-5-8;1-14-9(13)3-8(12)6-2-7(10)5-11-4-6;1-5(10)6-2-7(8)4-9-3-6;1-6-2-4-7(5-3-6)11(8,9)10;7-5-1-4(6(9)10)2-8-3-5;6-4-1-2-5(7)8-3-4;1-3(4)5-2;;;;;/h1-2,7-11,19H,3-6H2;1-7H;2,4-5H,3H2,1H3;2-4H,1H3;2-5H,1H3,(H,8,9,10);1-3H,(H,9,10);1-3H,(H2,7,8);1-2H3;1H3;1H;;;/q;;;;;;;;-1;;+2;+1;-1/p-1. The predicted molar refractivity (Wildman–Crippen MR) is 365 cm³/mol. The van der Waals surface area contributed by atoms with Gasteiger partial charge in [0.2, 0.25) is 0 Å². The van der Waals surface area contributed by atoms with Gasteiger partial charge >= 0.3 is 70.5 Å². The van der Waals surface area contributed by atoms with Gasteiger partial charge in [-0.25, -0.2) is 50.5 Å². The number of carbonyl (C=O) groups excluding carboxylic acids is 4. The Balaban J connectivity index is 0.00000123. The minimum absolute atomic E-state index is 0. The van der Waals surface area contributed by atoms with Gasteiger partial charge in [-0.1, -0.05) is 17.7 Å². The molecular weight excluding hydrogens is 1500 g/mol. The van der Waals surface area contributed by atoms with Gasteiger partial charge in [-0.15, -0.1) is 0 Å². The fourth-order valence-electron chi connectivity index (χ4n) is 7.78. The Morgan fingerprint density at radius 3 is 1.40 bits per heavy atom. The van der Waals surface area contributed by atoms with Crippen LogP contribution in [-0.2, 0) is 29.2 Å². The van der Waals surface area contributed by atoms with Gasteiger partial charge in [-0.05, 0) is 92.7 Å². The number of anilines is 2. The second kappa shape index (κ2) is 46.5. The van der Waals surface area contributed by atoms with Crippen LogP contribution < -0.4 is 73.6 Å². The van der Waals surface area contributed by atoms with Gasteiger partial charge in [0.25, 0.3) is 21.2 Å². The van der Waals surface area contributed by atoms with Crippen molar-refractivity contribution < 1.29 is 130 Å². The van der Waals surface area contributed by atoms with Crippen LogP contribution in [0.5, 0.6) is 0 Å². The monoisotopic (exact) mass is 1560 g/mol. The molecular formula is C68H64BrF7MgN13NaO13S. The fraction of sp³-hybridized carbons (Fsp3) is 0.147. The molecule has 0 amide bonds. The number of halogens is 8. The number of fused-ring (bicyclic) bond motifs is 2. The molecule has 5 N–H and O–H groups in total. The number of carboxylic acid groups (broad SMARTS) is 1. The minimum Gasteiger partial charge on any atom is -1.00 e. The topological polar surface area (TPSA) is 366 Å². The first-order valence-electron chi connectivity index (χ1n) is 28.9. The first-order valence-corrected chi connectivity index (χ1v) is 30.4. The van der Waals surface area contributed by atoms with Crippen molar-refractivity contribution >= 4 is 85.4 Å². The number of carbonyl (C=O) groups is 5. The van der Waals surface area contributed by atoms with Crippen LogP contribution in [0, 0.1) is 55.1 Å². The fourth-order valence-corrected chi connectivity index (χ4v) is 8.26. The third kappa shape index (κ3) is 32.6. The first kappa shape index (κ1) is 92.8. The quantitative estimate of drug-likeness (QED) is 0.0307. The second-order valence-corrected chi connectivity index (χ2v) is 21.7. The molecule has 0 saturated carbocycles. The van der Waals surface area contributed by atoms with Gasteiger partial charge in [0, 0.05) is 111 Å². The maximum absolute atomic E-state index is 13.3. The number of hydrogen-bond acceptors (Lipinski definition) is 22. The number of nitrogens with zero attached hydrogens (tertiary/aromatic N) is 11. The molecule has 26 nitrogen and oxygen atoms in total. The number of esters is 2. The van der Waals surface area contributed by atoms with E-state index >= 15 is 0 Å². The number of nitrogens with two attached hydrogens (primary N) is 1. The van der Waals surface area contributed by atoms with Crippen LogP contribution in [0.15, 0.2) is 198 Å². The SMILES string of the molecule is CC(=O)c1cncc(F)c1.COC(=O)CC(=O)c1cncc(F)c1.COC(C)=O.Cc1ccc(S(=O)(=O)O)cc1.Nc1ccc(F)cn1.O=C(O)c1cncc(F)c1.O=c1cc(-c2cncc(F)c2)nc2ccc(F)cn12.O=c1cc(-c2cncc(F)c2)nc2ccc(N3CCNCC3)cn12.[Br-].[CH3-].[H-].[Mg+2].[Na+]. The number of carboxylic acids is 1. The van der Waals surface area contributed by atoms with Crippen molar-refractivity contribution in [2.75, 3.05) is 51.0 Å². The Hall–Kier alpha value is -10.2. The van der Waals surface area contributed by atoms with E-state index in [0.717, 1.165) is 110 Å². The molecule has 37 heteroatoms. The number of aryl methyl sites for hydroxylation is 1. The van der Waals surface area contributed by atoms with E-state index < -0.39 is 74.7 Å². The molecule has 1 aromatic carbocycles. The number of nitrogens with one attached hydrogen (secondary N) is 1. The van der Waals surface area contributed by atoms with Gasteiger partial charge in [0.1, 0.15) is 64.3 Å². The molecule has 1 aliphatic heterocycles. The van der Waals surface area contributed by atoms with E-state index in [4.69, 9.17) is 15.4 Å². The van der Waals surface area contributed by atoms with Gasteiger partial charge in [-0.3, -0.25) is 67.0 Å². The summed E-state index contributed by atoms with van der Waals surface area (Å²) < 4.78 is 129. The summed E-state index contributed by atoms with van der Waals surface area (Å²) in [5, 5.41) is 11.6. The smallest absolute Gasteiger partial charge is 1.00 e. The Labute approximate surface area is 645 Å². The molecule has 0 atom stereocenters. The van der Waals surface area contributed by atoms with Crippen molar-refractivity contribution in [1.29, 1.82) is 0 Å². The number of nitrogen functional groups attached to an aromatic ring is 1. The summed E-state index contributed by atoms with van der Waals surface area (Å²) in [4.78, 5) is 109. The Morgan fingerprint density at radius 2 is 1.00 bits per heavy atom. The Morgan fingerprint density at radius 1 is 0.571 bits per heavy atom. The number of hydrogen-bond donors (Lipinski definition) is 4. The number of methoxy groups -OCH3 is 2. The van der Waals surface area contributed by atoms with Crippen molar-refractivity contribution in [3.05, 3.63) is 275 Å². The van der Waals surface area contributed by atoms with Gasteiger partial charge < -0.3 is 56.4 Å². The van der Waals surface area contributed by atoms with E-state index in [9.17, 15) is 72.7 Å². The summed E-state index contributed by atoms with van der Waals surface area (Å²) in [5.74, 6) is -6.01. The number of ketones is 2. The minimum atomic E-state index is -4.02. The number of pyridine rings is 8. The van der Waals surface area contributed by atoms with Crippen LogP contribution in [0.1, 0.15) is 58.3 Å². The van der Waals surface area contributed by atoms with Crippen LogP contribution >= 0.6 is 0 Å². The number of ether oxygens (including phenoxy) is 2. The van der Waals surface area contributed by atoms with Crippen LogP contribution in [0.4, 0.5) is 42.2 Å². The molecule has 105 heavy (non-hydrogen) atoms. The largest absolute Gasteiger partial charge is 2.00 e. The van der Waals surface area contributed by atoms with E-state index in [1.54, 1.807) is 12.1 Å². The van der Waals surface area contributed by atoms with E-state index in [2.05, 4.69) is 59.6 Å². The van der Waals surface area contributed by atoms with Gasteiger partial charge in [0.05, 0.1) is 78.9 Å². The average molecular weight is 1560 g/mol. The van der Waals surface area contributed by atoms with E-state index in [1.165, 1.54) is 118 Å². The molecule has 10 aromatic heterocycles. The molecule has 0 bridgehead atoms. The molecule has 12 rings (SSSR count). The summed E-state index contributed by atoms with van der Waals surface area (Å²) in [6, 6.07) is 23.3. The normalized spacial score (nSPS) is 10.7. The number of aromatic nitrogens is 10. The maximum Gasteiger partial charge on any atom is 2.00 e. The van der Waals surface area contributed by atoms with Crippen molar-refractivity contribution in [3.8, 4) is 22.5 Å². The van der Waals surface area contributed by atoms with Crippen molar-refractivity contribution in [2.45, 2.75) is 32.1 Å². The van der Waals surface area contributed by atoms with Gasteiger partial charge in [0.15, 0.2) is 11.6 Å². The van der Waals surface area contributed by atoms with Crippen LogP contribution in [0.3, 0.4) is 0 Å². The van der Waals surface area contributed by atoms with E-state index in [-0.39, 0.29) is 123 Å². The van der Waals surface area contributed by atoms with Crippen LogP contribution in [0.25, 0.3) is 33.8 Å². The van der Waals surface area contributed by atoms with Crippen molar-refractivity contribution in [3.63, 3.8) is 0 Å². The maximum atomic E-state index is 13.3. The Bertz CT molecular complexity index is 4860. The molecule has 11 heterocycles. The number of Topliss-reactive ketones (excluding diaryl/α,β-unsaturated/α-hetero) is 2. The molecule has 0 radical (unpaired) electrons. The first-order chi connectivity index (χ1) is 47.9. The van der Waals surface area contributed by atoms with Crippen molar-refractivity contribution in [2.24, 2.45) is 0 Å². The summed E-state index contributed by atoms with van der Waals surface area (Å²) in [6.45, 7) is 8.24. The molecule has 1 saturated heterocycles. The Kier molecular flexibility index (Phi) is 41.1. The van der Waals surface area contributed by atoms with E-state index in [0.29, 0.717) is 39.5 Å². The summed E-state index contributed by atoms with van der Waals surface area (Å²) >= 11 is 0. The van der Waals surface area contributed by atoms with Crippen LogP contribution in [-0.4, -0.2) is 160 Å². The number of rotatable bonds is 9. The summed E-state index contributed by atoms with van der Waals surface area (Å²) in [5.41, 5.74) is 9.10. The average Bonchev–Trinajstić information content (AvgIpc) is 0.798. The summed E-state index contributed by atoms with van der Waals surface area (Å²) in [6.07, 6.45) is 15.3.